The van der Waals surface area contributed by atoms with Gasteiger partial charge in [0.15, 0.2) is 0 Å². The van der Waals surface area contributed by atoms with Gasteiger partial charge in [0.1, 0.15) is 0 Å². The van der Waals surface area contributed by atoms with Crippen LogP contribution in [0.3, 0.4) is 0 Å². The Hall–Kier alpha value is -3.98. The maximum Gasteiger partial charge on any atom is 0.234 e. The molecule has 0 saturated carbocycles. The number of hydrogen-bond donors (Lipinski definition) is 0. The summed E-state index contributed by atoms with van der Waals surface area (Å²) in [5.41, 5.74) is 10.1. The van der Waals surface area contributed by atoms with Crippen molar-refractivity contribution in [1.29, 1.82) is 0 Å². The van der Waals surface area contributed by atoms with Crippen LogP contribution >= 0.6 is 0 Å². The number of hydrogen-bond acceptors (Lipinski definition) is 3. The van der Waals surface area contributed by atoms with Crippen molar-refractivity contribution in [3.63, 3.8) is 0 Å². The standard InChI is InChI=1S/C29H21N3/c1-29(2)22-12-4-3-10-21(22)26-23(29)15-14-20-19-11-5-8-18-9-6-13-24(25(18)19)32(27(20)26)28-30-16-7-17-31-28/h3-17H,1-2H3. The lowest BCUT2D eigenvalue weighted by atomic mass is 9.81. The molecule has 1 aliphatic carbocycles. The SMILES string of the molecule is CC1(C)c2ccccc2-c2c1ccc1c2N(c2ncccn2)c2cccc3cccc-1c23. The quantitative estimate of drug-likeness (QED) is 0.282. The van der Waals surface area contributed by atoms with Gasteiger partial charge in [0.05, 0.1) is 11.4 Å². The van der Waals surface area contributed by atoms with Gasteiger partial charge in [0.2, 0.25) is 5.95 Å². The summed E-state index contributed by atoms with van der Waals surface area (Å²) in [6, 6.07) is 28.4. The normalized spacial score (nSPS) is 14.8. The molecule has 1 aliphatic heterocycles. The fourth-order valence-corrected chi connectivity index (χ4v) is 5.69. The molecule has 32 heavy (non-hydrogen) atoms. The molecule has 0 radical (unpaired) electrons. The van der Waals surface area contributed by atoms with Gasteiger partial charge in [-0.3, -0.25) is 4.90 Å². The van der Waals surface area contributed by atoms with Crippen molar-refractivity contribution < 1.29 is 0 Å². The van der Waals surface area contributed by atoms with Crippen LogP contribution < -0.4 is 4.90 Å². The molecule has 152 valence electrons. The number of nitrogens with zero attached hydrogens (tertiary/aromatic N) is 3. The average molecular weight is 412 g/mol. The molecule has 0 amide bonds. The molecule has 0 spiro atoms. The van der Waals surface area contributed by atoms with Crippen molar-refractivity contribution in [2.75, 3.05) is 4.90 Å². The Kier molecular flexibility index (Phi) is 3.34. The largest absolute Gasteiger partial charge is 0.277 e. The first-order valence-corrected chi connectivity index (χ1v) is 11.0. The molecule has 3 nitrogen and oxygen atoms in total. The maximum atomic E-state index is 4.69. The van der Waals surface area contributed by atoms with Gasteiger partial charge in [-0.15, -0.1) is 0 Å². The van der Waals surface area contributed by atoms with E-state index >= 15 is 0 Å². The lowest BCUT2D eigenvalue weighted by Crippen LogP contribution is -2.19. The van der Waals surface area contributed by atoms with E-state index in [1.54, 1.807) is 0 Å². The molecule has 0 fully saturated rings. The van der Waals surface area contributed by atoms with E-state index in [0.29, 0.717) is 5.95 Å². The van der Waals surface area contributed by atoms with Crippen LogP contribution in [0.2, 0.25) is 0 Å². The van der Waals surface area contributed by atoms with Crippen molar-refractivity contribution in [2.45, 2.75) is 19.3 Å². The van der Waals surface area contributed by atoms with E-state index in [1.807, 2.05) is 18.5 Å². The minimum absolute atomic E-state index is 0.0624. The second-order valence-electron chi connectivity index (χ2n) is 9.12. The monoisotopic (exact) mass is 411 g/mol. The van der Waals surface area contributed by atoms with Crippen molar-refractivity contribution >= 4 is 28.1 Å². The highest BCUT2D eigenvalue weighted by Crippen LogP contribution is 2.59. The van der Waals surface area contributed by atoms with Crippen LogP contribution in [0.15, 0.2) is 91.3 Å². The Labute approximate surface area is 187 Å². The second kappa shape index (κ2) is 6.04. The van der Waals surface area contributed by atoms with Crippen molar-refractivity contribution in [1.82, 2.24) is 9.97 Å². The summed E-state index contributed by atoms with van der Waals surface area (Å²) in [4.78, 5) is 11.7. The molecule has 1 aromatic heterocycles. The topological polar surface area (TPSA) is 29.0 Å². The smallest absolute Gasteiger partial charge is 0.234 e. The third kappa shape index (κ3) is 2.10. The molecule has 0 atom stereocenters. The number of benzene rings is 4. The third-order valence-electron chi connectivity index (χ3n) is 7.11. The summed E-state index contributed by atoms with van der Waals surface area (Å²) in [6.07, 6.45) is 3.65. The van der Waals surface area contributed by atoms with Gasteiger partial charge < -0.3 is 0 Å². The molecular weight excluding hydrogens is 390 g/mol. The molecule has 0 saturated heterocycles. The predicted octanol–water partition coefficient (Wildman–Crippen LogP) is 7.39. The van der Waals surface area contributed by atoms with Crippen LogP contribution in [0.25, 0.3) is 33.0 Å². The Morgan fingerprint density at radius 2 is 1.41 bits per heavy atom. The lowest BCUT2D eigenvalue weighted by Gasteiger charge is -2.34. The van der Waals surface area contributed by atoms with Crippen LogP contribution in [0, 0.1) is 0 Å². The predicted molar refractivity (Wildman–Crippen MR) is 131 cm³/mol. The molecule has 0 unspecified atom stereocenters. The fourth-order valence-electron chi connectivity index (χ4n) is 5.69. The average Bonchev–Trinajstić information content (AvgIpc) is 3.07. The van der Waals surface area contributed by atoms with E-state index in [-0.39, 0.29) is 5.41 Å². The van der Waals surface area contributed by atoms with Gasteiger partial charge in [-0.05, 0) is 39.8 Å². The summed E-state index contributed by atoms with van der Waals surface area (Å²) in [7, 11) is 0. The van der Waals surface area contributed by atoms with Gasteiger partial charge in [-0.25, -0.2) is 9.97 Å². The highest BCUT2D eigenvalue weighted by atomic mass is 15.3. The summed E-state index contributed by atoms with van der Waals surface area (Å²) in [5, 5.41) is 2.48. The van der Waals surface area contributed by atoms with E-state index in [2.05, 4.69) is 91.5 Å². The first-order chi connectivity index (χ1) is 15.7. The minimum Gasteiger partial charge on any atom is -0.277 e. The number of rotatable bonds is 1. The molecule has 2 aliphatic rings. The highest BCUT2D eigenvalue weighted by Gasteiger charge is 2.40. The Bertz CT molecular complexity index is 1550. The van der Waals surface area contributed by atoms with Crippen LogP contribution in [-0.2, 0) is 5.41 Å². The zero-order chi connectivity index (χ0) is 21.4. The van der Waals surface area contributed by atoms with Gasteiger partial charge in [0.25, 0.3) is 0 Å². The Balaban J connectivity index is 1.69. The number of fused-ring (bicyclic) bond motifs is 6. The Morgan fingerprint density at radius 3 is 2.25 bits per heavy atom. The van der Waals surface area contributed by atoms with E-state index in [4.69, 9.17) is 9.97 Å². The summed E-state index contributed by atoms with van der Waals surface area (Å²) >= 11 is 0. The second-order valence-corrected chi connectivity index (χ2v) is 9.12. The molecule has 2 heterocycles. The fraction of sp³-hybridized carbons (Fsp3) is 0.103. The zero-order valence-corrected chi connectivity index (χ0v) is 18.0. The first kappa shape index (κ1) is 17.7. The lowest BCUT2D eigenvalue weighted by molar-refractivity contribution is 0.660. The van der Waals surface area contributed by atoms with E-state index in [1.165, 1.54) is 49.8 Å². The molecule has 4 aromatic carbocycles. The first-order valence-electron chi connectivity index (χ1n) is 11.0. The molecule has 0 N–H and O–H groups in total. The summed E-state index contributed by atoms with van der Waals surface area (Å²) in [5.74, 6) is 0.700. The van der Waals surface area contributed by atoms with Gasteiger partial charge in [-0.1, -0.05) is 80.6 Å². The highest BCUT2D eigenvalue weighted by molar-refractivity contribution is 6.16. The zero-order valence-electron chi connectivity index (χ0n) is 18.0. The molecule has 5 aromatic rings. The summed E-state index contributed by atoms with van der Waals surface area (Å²) in [6.45, 7) is 4.65. The number of anilines is 3. The Morgan fingerprint density at radius 1 is 0.656 bits per heavy atom. The third-order valence-corrected chi connectivity index (χ3v) is 7.11. The van der Waals surface area contributed by atoms with Crippen LogP contribution in [-0.4, -0.2) is 9.97 Å². The molecule has 3 heteroatoms. The molecular formula is C29H21N3. The van der Waals surface area contributed by atoms with E-state index in [0.717, 1.165) is 5.69 Å². The van der Waals surface area contributed by atoms with Crippen molar-refractivity contribution in [3.05, 3.63) is 102 Å². The van der Waals surface area contributed by atoms with E-state index in [9.17, 15) is 0 Å². The molecule has 0 bridgehead atoms. The van der Waals surface area contributed by atoms with E-state index < -0.39 is 0 Å². The van der Waals surface area contributed by atoms with Crippen molar-refractivity contribution in [3.8, 4) is 22.3 Å². The van der Waals surface area contributed by atoms with Crippen molar-refractivity contribution in [2.24, 2.45) is 0 Å². The van der Waals surface area contributed by atoms with Crippen LogP contribution in [0.5, 0.6) is 0 Å². The minimum atomic E-state index is -0.0624. The maximum absolute atomic E-state index is 4.69. The summed E-state index contributed by atoms with van der Waals surface area (Å²) < 4.78 is 0. The van der Waals surface area contributed by atoms with Crippen LogP contribution in [0.1, 0.15) is 25.0 Å². The van der Waals surface area contributed by atoms with Gasteiger partial charge in [0, 0.05) is 34.3 Å². The number of aromatic nitrogens is 2. The van der Waals surface area contributed by atoms with Crippen LogP contribution in [0.4, 0.5) is 17.3 Å². The molecule has 7 rings (SSSR count). The van der Waals surface area contributed by atoms with Gasteiger partial charge >= 0.3 is 0 Å². The van der Waals surface area contributed by atoms with Gasteiger partial charge in [-0.2, -0.15) is 0 Å².